The molecule has 0 bridgehead atoms. The first-order chi connectivity index (χ1) is 8.99. The summed E-state index contributed by atoms with van der Waals surface area (Å²) < 4.78 is 5.37. The molecule has 19 heavy (non-hydrogen) atoms. The Morgan fingerprint density at radius 2 is 1.79 bits per heavy atom. The van der Waals surface area contributed by atoms with E-state index in [0.717, 1.165) is 38.7 Å². The highest BCUT2D eigenvalue weighted by molar-refractivity contribution is 5.79. The molecule has 0 aromatic heterocycles. The van der Waals surface area contributed by atoms with Crippen molar-refractivity contribution in [3.8, 4) is 0 Å². The van der Waals surface area contributed by atoms with Crippen molar-refractivity contribution in [2.45, 2.75) is 40.2 Å². The van der Waals surface area contributed by atoms with Gasteiger partial charge in [-0.15, -0.1) is 0 Å². The number of methoxy groups -OCH3 is 1. The van der Waals surface area contributed by atoms with Crippen LogP contribution in [-0.2, 0) is 4.74 Å². The molecule has 0 amide bonds. The number of aliphatic imine (C=N–C) groups is 1. The van der Waals surface area contributed by atoms with Crippen LogP contribution in [0.3, 0.4) is 0 Å². The quantitative estimate of drug-likeness (QED) is 0.491. The van der Waals surface area contributed by atoms with Gasteiger partial charge in [-0.3, -0.25) is 4.99 Å². The number of rotatable bonds is 9. The first-order valence-corrected chi connectivity index (χ1v) is 7.28. The van der Waals surface area contributed by atoms with Crippen molar-refractivity contribution in [1.29, 1.82) is 0 Å². The summed E-state index contributed by atoms with van der Waals surface area (Å²) in [5.41, 5.74) is -0.221. The number of guanidine groups is 1. The van der Waals surface area contributed by atoms with Crippen LogP contribution in [0.15, 0.2) is 4.99 Å². The fourth-order valence-corrected chi connectivity index (χ4v) is 1.55. The number of nitrogens with one attached hydrogen (secondary N) is 2. The number of hydrogen-bond acceptors (Lipinski definition) is 3. The molecular formula is C14H32N4O. The Morgan fingerprint density at radius 1 is 1.16 bits per heavy atom. The standard InChI is InChI=1S/C14H32N4O/c1-7-15-13(17-12-14(4,5)19-6)16-10-11-18(8-2)9-3/h7-12H2,1-6H3,(H2,15,16,17). The van der Waals surface area contributed by atoms with E-state index in [0.29, 0.717) is 6.54 Å². The Morgan fingerprint density at radius 3 is 2.26 bits per heavy atom. The average Bonchev–Trinajstić information content (AvgIpc) is 2.41. The molecule has 0 atom stereocenters. The Bertz CT molecular complexity index is 250. The van der Waals surface area contributed by atoms with Crippen molar-refractivity contribution in [3.63, 3.8) is 0 Å². The van der Waals surface area contributed by atoms with Crippen molar-refractivity contribution in [2.24, 2.45) is 4.99 Å². The summed E-state index contributed by atoms with van der Waals surface area (Å²) in [4.78, 5) is 6.94. The van der Waals surface area contributed by atoms with E-state index < -0.39 is 0 Å². The monoisotopic (exact) mass is 272 g/mol. The highest BCUT2D eigenvalue weighted by Gasteiger charge is 2.15. The van der Waals surface area contributed by atoms with E-state index in [1.54, 1.807) is 7.11 Å². The third kappa shape index (κ3) is 8.83. The normalized spacial score (nSPS) is 12.9. The van der Waals surface area contributed by atoms with Crippen LogP contribution in [0, 0.1) is 0 Å². The number of hydrogen-bond donors (Lipinski definition) is 2. The Hall–Kier alpha value is -0.810. The second kappa shape index (κ2) is 10.0. The maximum absolute atomic E-state index is 5.37. The Kier molecular flexibility index (Phi) is 9.61. The average molecular weight is 272 g/mol. The third-order valence-corrected chi connectivity index (χ3v) is 3.13. The molecule has 0 aromatic carbocycles. The molecule has 0 aliphatic rings. The van der Waals surface area contributed by atoms with Crippen molar-refractivity contribution in [2.75, 3.05) is 46.4 Å². The van der Waals surface area contributed by atoms with Gasteiger partial charge in [0.05, 0.1) is 12.1 Å². The van der Waals surface area contributed by atoms with Crippen molar-refractivity contribution in [1.82, 2.24) is 15.5 Å². The molecule has 0 saturated carbocycles. The van der Waals surface area contributed by atoms with Gasteiger partial charge in [-0.1, -0.05) is 13.8 Å². The third-order valence-electron chi connectivity index (χ3n) is 3.13. The minimum Gasteiger partial charge on any atom is -0.377 e. The second-order valence-corrected chi connectivity index (χ2v) is 5.11. The van der Waals surface area contributed by atoms with E-state index in [1.165, 1.54) is 0 Å². The molecule has 5 nitrogen and oxygen atoms in total. The van der Waals surface area contributed by atoms with Crippen LogP contribution >= 0.6 is 0 Å². The summed E-state index contributed by atoms with van der Waals surface area (Å²) in [6.07, 6.45) is 0. The van der Waals surface area contributed by atoms with Crippen LogP contribution in [-0.4, -0.2) is 62.8 Å². The molecule has 2 N–H and O–H groups in total. The van der Waals surface area contributed by atoms with Crippen molar-refractivity contribution in [3.05, 3.63) is 0 Å². The zero-order valence-electron chi connectivity index (χ0n) is 13.5. The summed E-state index contributed by atoms with van der Waals surface area (Å²) in [5, 5.41) is 6.61. The van der Waals surface area contributed by atoms with Crippen LogP contribution in [0.2, 0.25) is 0 Å². The van der Waals surface area contributed by atoms with Gasteiger partial charge in [0.25, 0.3) is 0 Å². The highest BCUT2D eigenvalue weighted by atomic mass is 16.5. The summed E-state index contributed by atoms with van der Waals surface area (Å²) >= 11 is 0. The molecule has 5 heteroatoms. The maximum Gasteiger partial charge on any atom is 0.191 e. The molecule has 114 valence electrons. The lowest BCUT2D eigenvalue weighted by Crippen LogP contribution is -2.42. The first kappa shape index (κ1) is 18.2. The van der Waals surface area contributed by atoms with Gasteiger partial charge < -0.3 is 20.3 Å². The van der Waals surface area contributed by atoms with Gasteiger partial charge in [-0.2, -0.15) is 0 Å². The molecular weight excluding hydrogens is 240 g/mol. The predicted octanol–water partition coefficient (Wildman–Crippen LogP) is 1.31. The molecule has 0 heterocycles. The largest absolute Gasteiger partial charge is 0.377 e. The second-order valence-electron chi connectivity index (χ2n) is 5.11. The minimum absolute atomic E-state index is 0.221. The maximum atomic E-state index is 5.37. The molecule has 0 spiro atoms. The zero-order valence-corrected chi connectivity index (χ0v) is 13.5. The summed E-state index contributed by atoms with van der Waals surface area (Å²) in [6, 6.07) is 0. The summed E-state index contributed by atoms with van der Waals surface area (Å²) in [5.74, 6) is 0.861. The molecule has 0 rings (SSSR count). The van der Waals surface area contributed by atoms with E-state index >= 15 is 0 Å². The number of ether oxygens (including phenoxy) is 1. The lowest BCUT2D eigenvalue weighted by molar-refractivity contribution is 0.0310. The van der Waals surface area contributed by atoms with E-state index in [2.05, 4.69) is 41.3 Å². The van der Waals surface area contributed by atoms with Crippen LogP contribution in [0.4, 0.5) is 0 Å². The smallest absolute Gasteiger partial charge is 0.191 e. The van der Waals surface area contributed by atoms with Gasteiger partial charge >= 0.3 is 0 Å². The van der Waals surface area contributed by atoms with Gasteiger partial charge in [-0.25, -0.2) is 0 Å². The van der Waals surface area contributed by atoms with Gasteiger partial charge in [0.15, 0.2) is 5.96 Å². The number of nitrogens with zero attached hydrogens (tertiary/aromatic N) is 2. The summed E-state index contributed by atoms with van der Waals surface area (Å²) in [6.45, 7) is 16.1. The van der Waals surface area contributed by atoms with Crippen molar-refractivity contribution >= 4 is 5.96 Å². The summed E-state index contributed by atoms with van der Waals surface area (Å²) in [7, 11) is 1.72. The van der Waals surface area contributed by atoms with Gasteiger partial charge in [0.1, 0.15) is 0 Å². The van der Waals surface area contributed by atoms with Crippen molar-refractivity contribution < 1.29 is 4.74 Å². The molecule has 0 aliphatic heterocycles. The van der Waals surface area contributed by atoms with Gasteiger partial charge in [0.2, 0.25) is 0 Å². The lowest BCUT2D eigenvalue weighted by atomic mass is 10.1. The molecule has 0 saturated heterocycles. The minimum atomic E-state index is -0.221. The van der Waals surface area contributed by atoms with Crippen LogP contribution in [0.1, 0.15) is 34.6 Å². The molecule has 0 aromatic rings. The van der Waals surface area contributed by atoms with Crippen LogP contribution in [0.5, 0.6) is 0 Å². The number of likely N-dealkylation sites (N-methyl/N-ethyl adjacent to an activating group) is 1. The van der Waals surface area contributed by atoms with E-state index in [-0.39, 0.29) is 5.60 Å². The molecule has 0 fully saturated rings. The Labute approximate surface area is 118 Å². The lowest BCUT2D eigenvalue weighted by Gasteiger charge is -2.22. The predicted molar refractivity (Wildman–Crippen MR) is 82.9 cm³/mol. The molecule has 0 unspecified atom stereocenters. The zero-order chi connectivity index (χ0) is 14.7. The van der Waals surface area contributed by atoms with Gasteiger partial charge in [-0.05, 0) is 33.9 Å². The van der Waals surface area contributed by atoms with E-state index in [9.17, 15) is 0 Å². The van der Waals surface area contributed by atoms with Crippen LogP contribution in [0.25, 0.3) is 0 Å². The molecule has 0 aliphatic carbocycles. The fourth-order valence-electron chi connectivity index (χ4n) is 1.55. The highest BCUT2D eigenvalue weighted by Crippen LogP contribution is 2.06. The first-order valence-electron chi connectivity index (χ1n) is 7.28. The Balaban J connectivity index is 4.21. The van der Waals surface area contributed by atoms with E-state index in [4.69, 9.17) is 4.74 Å². The van der Waals surface area contributed by atoms with Crippen LogP contribution < -0.4 is 10.6 Å². The fraction of sp³-hybridized carbons (Fsp3) is 0.929. The topological polar surface area (TPSA) is 48.9 Å². The SMILES string of the molecule is CCNC(=NCC(C)(C)OC)NCCN(CC)CC. The van der Waals surface area contributed by atoms with Gasteiger partial charge in [0, 0.05) is 26.7 Å². The van der Waals surface area contributed by atoms with E-state index in [1.807, 2.05) is 13.8 Å². The molecule has 0 radical (unpaired) electrons.